The smallest absolute Gasteiger partial charge is 1.00 e. The maximum Gasteiger partial charge on any atom is 1.00 e. The van der Waals surface area contributed by atoms with E-state index < -0.39 is 60.6 Å². The van der Waals surface area contributed by atoms with Crippen molar-refractivity contribution in [2.75, 3.05) is 0 Å². The monoisotopic (exact) mass is 390 g/mol. The molecule has 0 spiro atoms. The molecule has 11 nitrogen and oxygen atoms in total. The van der Waals surface area contributed by atoms with E-state index in [2.05, 4.69) is 0 Å². The zero-order valence-electron chi connectivity index (χ0n) is 13.3. The fourth-order valence-electron chi connectivity index (χ4n) is 1.91. The normalized spacial score (nSPS) is 10.3. The molecule has 0 saturated carbocycles. The van der Waals surface area contributed by atoms with E-state index in [1.165, 1.54) is 0 Å². The van der Waals surface area contributed by atoms with Gasteiger partial charge in [-0.05, 0) is 0 Å². The molecule has 0 aliphatic heterocycles. The zero-order chi connectivity index (χ0) is 16.1. The molecule has 10 N–H and O–H groups in total. The van der Waals surface area contributed by atoms with Crippen molar-refractivity contribution in [3.05, 3.63) is 0 Å². The Morgan fingerprint density at radius 3 is 0.913 bits per heavy atom. The van der Waals surface area contributed by atoms with Gasteiger partial charge in [0.05, 0.1) is 36.8 Å². The summed E-state index contributed by atoms with van der Waals surface area (Å²) in [5.74, 6) is -6.06. The average Bonchev–Trinajstić information content (AvgIpc) is 2.10. The van der Waals surface area contributed by atoms with Crippen LogP contribution in [0.5, 0.6) is 0 Å². The van der Waals surface area contributed by atoms with Gasteiger partial charge < -0.3 is 38.8 Å². The van der Waals surface area contributed by atoms with Crippen molar-refractivity contribution < 1.29 is 93.1 Å². The Balaban J connectivity index is -0.000000301. The van der Waals surface area contributed by atoms with E-state index in [0.717, 1.165) is 0 Å². The van der Waals surface area contributed by atoms with Crippen molar-refractivity contribution in [1.82, 2.24) is 0 Å². The molecule has 0 aromatic heterocycles. The molecule has 0 aromatic carbocycles. The van der Waals surface area contributed by atoms with Gasteiger partial charge in [0.2, 0.25) is 0 Å². The van der Waals surface area contributed by atoms with E-state index in [4.69, 9.17) is 31.9 Å². The Kier molecular flexibility index (Phi) is 15.4. The molecule has 0 bridgehead atoms. The van der Waals surface area contributed by atoms with E-state index in [-0.39, 0.29) is 53.5 Å². The van der Waals surface area contributed by atoms with Crippen molar-refractivity contribution in [2.24, 2.45) is 11.5 Å². The van der Waals surface area contributed by atoms with Gasteiger partial charge in [-0.1, -0.05) is 0 Å². The predicted molar refractivity (Wildman–Crippen MR) is 67.6 cm³/mol. The van der Waals surface area contributed by atoms with Crippen LogP contribution < -0.4 is 41.0 Å². The first kappa shape index (κ1) is 30.2. The second kappa shape index (κ2) is 11.8. The van der Waals surface area contributed by atoms with Crippen molar-refractivity contribution in [2.45, 2.75) is 36.8 Å². The summed E-state index contributed by atoms with van der Waals surface area (Å²) in [5, 5.41) is 35.1. The van der Waals surface area contributed by atoms with Gasteiger partial charge in [0.25, 0.3) is 0 Å². The van der Waals surface area contributed by atoms with Gasteiger partial charge in [-0.3, -0.25) is 19.2 Å². The number of carboxylic acids is 4. The summed E-state index contributed by atoms with van der Waals surface area (Å²) >= 11 is 0. The first-order valence-corrected chi connectivity index (χ1v) is 5.37. The Hall–Kier alpha value is -0.721. The van der Waals surface area contributed by atoms with Crippen LogP contribution in [-0.2, 0) is 36.2 Å². The molecule has 0 aromatic rings. The fraction of sp³-hybridized carbons (Fsp3) is 0.600. The quantitative estimate of drug-likeness (QED) is 0.204. The first-order chi connectivity index (χ1) is 8.92. The van der Waals surface area contributed by atoms with Crippen LogP contribution in [0.1, 0.15) is 27.1 Å². The standard InChI is InChI=1S/C10H16N2O8.Fe.Na.H2O.H/c11-9(1-5(13)14,2-6(15)16)10(12,3-7(17)18)4-8(19)20;;;;/h1-4,11-12H2,(H,13,14)(H,15,16)(H,17,18)(H,19,20);;;1H2;/q;;+1;;-1. The number of carbonyl (C=O) groups is 4. The van der Waals surface area contributed by atoms with Crippen LogP contribution in [0.25, 0.3) is 0 Å². The third-order valence-corrected chi connectivity index (χ3v) is 2.86. The number of nitrogens with two attached hydrogens (primary N) is 2. The van der Waals surface area contributed by atoms with Crippen LogP contribution in [0.4, 0.5) is 0 Å². The van der Waals surface area contributed by atoms with Gasteiger partial charge in [-0.2, -0.15) is 0 Å². The average molecular weight is 390 g/mol. The molecule has 23 heavy (non-hydrogen) atoms. The van der Waals surface area contributed by atoms with Crippen LogP contribution in [0, 0.1) is 0 Å². The molecular formula is C10H19FeN2NaO9. The molecule has 0 aliphatic carbocycles. The van der Waals surface area contributed by atoms with Gasteiger partial charge in [-0.15, -0.1) is 0 Å². The largest absolute Gasteiger partial charge is 1.00 e. The molecule has 0 atom stereocenters. The topological polar surface area (TPSA) is 233 Å². The van der Waals surface area contributed by atoms with Gasteiger partial charge in [0.15, 0.2) is 0 Å². The van der Waals surface area contributed by atoms with Crippen molar-refractivity contribution in [3.63, 3.8) is 0 Å². The Morgan fingerprint density at radius 1 is 0.696 bits per heavy atom. The van der Waals surface area contributed by atoms with Crippen LogP contribution in [-0.4, -0.2) is 60.9 Å². The maximum atomic E-state index is 10.8. The number of hydrogen-bond acceptors (Lipinski definition) is 6. The first-order valence-electron chi connectivity index (χ1n) is 5.37. The molecule has 0 unspecified atom stereocenters. The van der Waals surface area contributed by atoms with E-state index in [1.807, 2.05) is 0 Å². The van der Waals surface area contributed by atoms with E-state index in [0.29, 0.717) is 0 Å². The SMILES string of the molecule is NC(CC(=O)O)(CC(=O)O)C(N)(CC(=O)O)CC(=O)O.O.[Fe].[H-].[Na+]. The second-order valence-electron chi connectivity index (χ2n) is 4.59. The molecule has 0 aliphatic rings. The minimum Gasteiger partial charge on any atom is -1.00 e. The Labute approximate surface area is 165 Å². The molecule has 0 heterocycles. The molecule has 132 valence electrons. The van der Waals surface area contributed by atoms with Crippen molar-refractivity contribution in [1.29, 1.82) is 0 Å². The van der Waals surface area contributed by atoms with Crippen LogP contribution in [0.15, 0.2) is 0 Å². The number of hydrogen-bond donors (Lipinski definition) is 6. The summed E-state index contributed by atoms with van der Waals surface area (Å²) in [6.07, 6.45) is -3.90. The third kappa shape index (κ3) is 9.89. The summed E-state index contributed by atoms with van der Waals surface area (Å²) in [6, 6.07) is 0. The van der Waals surface area contributed by atoms with E-state index in [1.54, 1.807) is 0 Å². The van der Waals surface area contributed by atoms with Gasteiger partial charge in [0.1, 0.15) is 0 Å². The predicted octanol–water partition coefficient (Wildman–Crippen LogP) is -5.43. The number of carboxylic acid groups (broad SMARTS) is 4. The summed E-state index contributed by atoms with van der Waals surface area (Å²) in [4.78, 5) is 43.2. The van der Waals surface area contributed by atoms with Gasteiger partial charge >= 0.3 is 53.4 Å². The fourth-order valence-corrected chi connectivity index (χ4v) is 1.91. The van der Waals surface area contributed by atoms with E-state index >= 15 is 0 Å². The summed E-state index contributed by atoms with van der Waals surface area (Å²) in [7, 11) is 0. The molecule has 0 amide bonds. The molecule has 0 rings (SSSR count). The maximum absolute atomic E-state index is 10.8. The van der Waals surface area contributed by atoms with Crippen molar-refractivity contribution in [3.8, 4) is 0 Å². The van der Waals surface area contributed by atoms with Gasteiger partial charge in [-0.25, -0.2) is 0 Å². The van der Waals surface area contributed by atoms with Crippen molar-refractivity contribution >= 4 is 23.9 Å². The minimum absolute atomic E-state index is 0. The molecule has 0 fully saturated rings. The van der Waals surface area contributed by atoms with Crippen LogP contribution >= 0.6 is 0 Å². The van der Waals surface area contributed by atoms with Crippen LogP contribution in [0.2, 0.25) is 0 Å². The Bertz CT molecular complexity index is 380. The third-order valence-electron chi connectivity index (χ3n) is 2.86. The second-order valence-corrected chi connectivity index (χ2v) is 4.59. The zero-order valence-corrected chi connectivity index (χ0v) is 15.4. The minimum atomic E-state index is -2.22. The summed E-state index contributed by atoms with van der Waals surface area (Å²) in [5.41, 5.74) is 6.88. The van der Waals surface area contributed by atoms with E-state index in [9.17, 15) is 19.2 Å². The van der Waals surface area contributed by atoms with Gasteiger partial charge in [0, 0.05) is 17.1 Å². The number of rotatable bonds is 9. The number of aliphatic carboxylic acids is 4. The summed E-state index contributed by atoms with van der Waals surface area (Å²) in [6.45, 7) is 0. The Morgan fingerprint density at radius 2 is 0.826 bits per heavy atom. The molecular weight excluding hydrogens is 371 g/mol. The molecule has 0 radical (unpaired) electrons. The summed E-state index contributed by atoms with van der Waals surface area (Å²) < 4.78 is 0. The molecule has 13 heteroatoms. The molecule has 0 saturated heterocycles. The van der Waals surface area contributed by atoms with Crippen LogP contribution in [0.3, 0.4) is 0 Å².